The lowest BCUT2D eigenvalue weighted by Gasteiger charge is -2.31. The van der Waals surface area contributed by atoms with Crippen LogP contribution < -0.4 is 10.1 Å². The van der Waals surface area contributed by atoms with Crippen LogP contribution in [0, 0.1) is 6.92 Å². The topological polar surface area (TPSA) is 78.9 Å². The summed E-state index contributed by atoms with van der Waals surface area (Å²) < 4.78 is 5.80. The second kappa shape index (κ2) is 14.0. The maximum absolute atomic E-state index is 13.2. The van der Waals surface area contributed by atoms with E-state index < -0.39 is 12.0 Å². The maximum Gasteiger partial charge on any atom is 0.326 e. The predicted octanol–water partition coefficient (Wildman–Crippen LogP) is 4.64. The molecule has 3 rings (SSSR count). The molecular formula is C28H36N2O4S. The van der Waals surface area contributed by atoms with Crippen molar-refractivity contribution in [3.63, 3.8) is 0 Å². The van der Waals surface area contributed by atoms with Crippen molar-refractivity contribution in [2.24, 2.45) is 0 Å². The number of hydrogen-bond acceptors (Lipinski definition) is 5. The van der Waals surface area contributed by atoms with Crippen molar-refractivity contribution in [2.75, 3.05) is 38.2 Å². The van der Waals surface area contributed by atoms with Gasteiger partial charge in [-0.15, -0.1) is 0 Å². The van der Waals surface area contributed by atoms with Crippen LogP contribution in [0.2, 0.25) is 0 Å². The number of carbonyl (C=O) groups is 2. The van der Waals surface area contributed by atoms with Gasteiger partial charge in [0, 0.05) is 18.7 Å². The molecule has 0 radical (unpaired) electrons. The Morgan fingerprint density at radius 3 is 2.57 bits per heavy atom. The summed E-state index contributed by atoms with van der Waals surface area (Å²) in [5, 5.41) is 12.4. The summed E-state index contributed by atoms with van der Waals surface area (Å²) in [6.45, 7) is 5.11. The number of amides is 1. The van der Waals surface area contributed by atoms with Gasteiger partial charge in [0.1, 0.15) is 11.8 Å². The molecular weight excluding hydrogens is 460 g/mol. The summed E-state index contributed by atoms with van der Waals surface area (Å²) in [6, 6.07) is 17.1. The van der Waals surface area contributed by atoms with Crippen molar-refractivity contribution in [3.8, 4) is 5.75 Å². The Bertz CT molecular complexity index is 1010. The minimum Gasteiger partial charge on any atom is -0.494 e. The number of thioether (sulfide) groups is 1. The fourth-order valence-electron chi connectivity index (χ4n) is 4.30. The molecule has 0 bridgehead atoms. The van der Waals surface area contributed by atoms with Crippen LogP contribution in [0.3, 0.4) is 0 Å². The highest BCUT2D eigenvalue weighted by Crippen LogP contribution is 2.29. The number of para-hydroxylation sites is 1. The van der Waals surface area contributed by atoms with E-state index in [4.69, 9.17) is 4.74 Å². The van der Waals surface area contributed by atoms with E-state index >= 15 is 0 Å². The number of carboxylic acids is 1. The molecule has 2 N–H and O–H groups in total. The van der Waals surface area contributed by atoms with E-state index in [9.17, 15) is 14.7 Å². The zero-order valence-corrected chi connectivity index (χ0v) is 21.5. The lowest BCUT2D eigenvalue weighted by molar-refractivity contribution is -0.141. The first kappa shape index (κ1) is 26.8. The molecule has 1 heterocycles. The van der Waals surface area contributed by atoms with Gasteiger partial charge in [0.15, 0.2) is 0 Å². The van der Waals surface area contributed by atoms with E-state index in [1.165, 1.54) is 0 Å². The van der Waals surface area contributed by atoms with Gasteiger partial charge >= 0.3 is 5.97 Å². The van der Waals surface area contributed by atoms with Crippen molar-refractivity contribution in [1.29, 1.82) is 0 Å². The van der Waals surface area contributed by atoms with E-state index in [1.54, 1.807) is 11.8 Å². The summed E-state index contributed by atoms with van der Waals surface area (Å²) in [4.78, 5) is 27.3. The molecule has 0 saturated heterocycles. The van der Waals surface area contributed by atoms with Crippen molar-refractivity contribution >= 4 is 29.2 Å². The van der Waals surface area contributed by atoms with Gasteiger partial charge in [-0.25, -0.2) is 4.79 Å². The highest BCUT2D eigenvalue weighted by atomic mass is 32.2. The minimum atomic E-state index is -0.986. The monoisotopic (exact) mass is 496 g/mol. The predicted molar refractivity (Wildman–Crippen MR) is 143 cm³/mol. The number of hydrogen-bond donors (Lipinski definition) is 2. The van der Waals surface area contributed by atoms with Crippen molar-refractivity contribution < 1.29 is 19.4 Å². The summed E-state index contributed by atoms with van der Waals surface area (Å²) in [5.41, 5.74) is 3.88. The highest BCUT2D eigenvalue weighted by Gasteiger charge is 2.28. The van der Waals surface area contributed by atoms with Crippen LogP contribution in [0.25, 0.3) is 5.57 Å². The molecule has 1 aliphatic rings. The number of nitrogens with zero attached hydrogens (tertiary/aromatic N) is 1. The Labute approximate surface area is 212 Å². The molecule has 2 aromatic rings. The third-order valence-corrected chi connectivity index (χ3v) is 6.91. The summed E-state index contributed by atoms with van der Waals surface area (Å²) >= 11 is 1.58. The van der Waals surface area contributed by atoms with Gasteiger partial charge in [-0.05, 0) is 80.0 Å². The van der Waals surface area contributed by atoms with Gasteiger partial charge in [0.05, 0.1) is 6.61 Å². The third-order valence-electron chi connectivity index (χ3n) is 6.26. The molecule has 0 fully saturated rings. The van der Waals surface area contributed by atoms with Crippen LogP contribution in [0.5, 0.6) is 5.75 Å². The Kier molecular flexibility index (Phi) is 10.7. The number of aryl methyl sites for hydroxylation is 1. The first-order chi connectivity index (χ1) is 17.0. The number of carboxylic acid groups (broad SMARTS) is 1. The van der Waals surface area contributed by atoms with E-state index in [0.29, 0.717) is 37.3 Å². The van der Waals surface area contributed by atoms with Crippen LogP contribution in [-0.2, 0) is 9.59 Å². The van der Waals surface area contributed by atoms with Gasteiger partial charge < -0.3 is 15.2 Å². The molecule has 7 heteroatoms. The maximum atomic E-state index is 13.2. The molecule has 6 nitrogen and oxygen atoms in total. The van der Waals surface area contributed by atoms with Crippen molar-refractivity contribution in [1.82, 2.24) is 10.2 Å². The first-order valence-electron chi connectivity index (χ1n) is 12.2. The molecule has 188 valence electrons. The van der Waals surface area contributed by atoms with Crippen LogP contribution >= 0.6 is 11.8 Å². The first-order valence-corrected chi connectivity index (χ1v) is 13.6. The summed E-state index contributed by atoms with van der Waals surface area (Å²) in [7, 11) is 0. The molecule has 35 heavy (non-hydrogen) atoms. The molecule has 1 atom stereocenters. The quantitative estimate of drug-likeness (QED) is 0.394. The second-order valence-electron chi connectivity index (χ2n) is 8.81. The van der Waals surface area contributed by atoms with E-state index in [0.717, 1.165) is 48.4 Å². The number of nitrogens with one attached hydrogen (secondary N) is 1. The number of aliphatic carboxylic acids is 1. The number of benzene rings is 2. The Morgan fingerprint density at radius 2 is 1.86 bits per heavy atom. The van der Waals surface area contributed by atoms with E-state index in [-0.39, 0.29) is 5.91 Å². The van der Waals surface area contributed by atoms with Gasteiger partial charge in [-0.3, -0.25) is 9.69 Å². The Morgan fingerprint density at radius 1 is 1.11 bits per heavy atom. The average molecular weight is 497 g/mol. The molecule has 1 unspecified atom stereocenters. The standard InChI is InChI=1S/C28H36N2O4S/c1-21-10-6-7-13-23(21)25-20-30(16-8-9-18-34-22-11-4-3-5-12-22)17-14-24(25)27(31)29-26(28(32)33)15-19-35-2/h3-7,10-13,26H,8-9,14-20H2,1-2H3,(H,29,31)(H,32,33). The van der Waals surface area contributed by atoms with Crippen molar-refractivity contribution in [2.45, 2.75) is 38.6 Å². The lowest BCUT2D eigenvalue weighted by atomic mass is 9.90. The lowest BCUT2D eigenvalue weighted by Crippen LogP contribution is -2.44. The molecule has 0 spiro atoms. The SMILES string of the molecule is CSCCC(NC(=O)C1=C(c2ccccc2C)CN(CCCCOc2ccccc2)CC1)C(=O)O. The smallest absolute Gasteiger partial charge is 0.326 e. The van der Waals surface area contributed by atoms with Gasteiger partial charge in [0.25, 0.3) is 0 Å². The van der Waals surface area contributed by atoms with Crippen LogP contribution in [0.1, 0.15) is 36.8 Å². The Hall–Kier alpha value is -2.77. The third kappa shape index (κ3) is 8.15. The fraction of sp³-hybridized carbons (Fsp3) is 0.429. The molecule has 1 amide bonds. The van der Waals surface area contributed by atoms with Gasteiger partial charge in [-0.2, -0.15) is 11.8 Å². The van der Waals surface area contributed by atoms with Crippen molar-refractivity contribution in [3.05, 3.63) is 71.3 Å². The van der Waals surface area contributed by atoms with E-state index in [1.807, 2.05) is 48.7 Å². The number of rotatable bonds is 13. The zero-order chi connectivity index (χ0) is 25.0. The molecule has 0 aromatic heterocycles. The highest BCUT2D eigenvalue weighted by molar-refractivity contribution is 7.98. The summed E-state index contributed by atoms with van der Waals surface area (Å²) in [6.07, 6.45) is 4.91. The molecule has 0 aliphatic carbocycles. The molecule has 0 saturated carbocycles. The average Bonchev–Trinajstić information content (AvgIpc) is 2.87. The van der Waals surface area contributed by atoms with Gasteiger partial charge in [0.2, 0.25) is 5.91 Å². The normalized spacial score (nSPS) is 15.0. The summed E-state index contributed by atoms with van der Waals surface area (Å²) in [5.74, 6) is 0.333. The number of carbonyl (C=O) groups excluding carboxylic acids is 1. The number of unbranched alkanes of at least 4 members (excludes halogenated alkanes) is 1. The van der Waals surface area contributed by atoms with Gasteiger partial charge in [-0.1, -0.05) is 42.5 Å². The fourth-order valence-corrected chi connectivity index (χ4v) is 4.77. The zero-order valence-electron chi connectivity index (χ0n) is 20.7. The largest absolute Gasteiger partial charge is 0.494 e. The minimum absolute atomic E-state index is 0.257. The van der Waals surface area contributed by atoms with Crippen LogP contribution in [0.15, 0.2) is 60.2 Å². The second-order valence-corrected chi connectivity index (χ2v) is 9.80. The van der Waals surface area contributed by atoms with Crippen LogP contribution in [-0.4, -0.2) is 66.2 Å². The molecule has 1 aliphatic heterocycles. The Balaban J connectivity index is 1.66. The molecule has 2 aromatic carbocycles. The number of ether oxygens (including phenoxy) is 1. The van der Waals surface area contributed by atoms with E-state index in [2.05, 4.69) is 29.3 Å². The van der Waals surface area contributed by atoms with Crippen LogP contribution in [0.4, 0.5) is 0 Å².